The number of ether oxygens (including phenoxy) is 6. The zero-order chi connectivity index (χ0) is 71.7. The van der Waals surface area contributed by atoms with Gasteiger partial charge in [-0.25, -0.2) is 19.4 Å². The number of aromatic nitrogens is 10. The van der Waals surface area contributed by atoms with Gasteiger partial charge in [-0.3, -0.25) is 61.9 Å². The van der Waals surface area contributed by atoms with Crippen LogP contribution < -0.4 is 64.6 Å². The second-order valence-electron chi connectivity index (χ2n) is 22.4. The van der Waals surface area contributed by atoms with Crippen LogP contribution in [-0.4, -0.2) is 174 Å². The molecule has 0 saturated carbocycles. The predicted molar refractivity (Wildman–Crippen MR) is 346 cm³/mol. The first kappa shape index (κ1) is 78.7. The van der Waals surface area contributed by atoms with Crippen LogP contribution in [0.25, 0.3) is 11.2 Å². The van der Waals surface area contributed by atoms with Gasteiger partial charge in [-0.15, -0.1) is 0 Å². The highest BCUT2D eigenvalue weighted by Crippen LogP contribution is 2.54. The quantitative estimate of drug-likeness (QED) is 0.0186. The zero-order valence-corrected chi connectivity index (χ0v) is 60.8. The molecule has 98 heavy (non-hydrogen) atoms. The van der Waals surface area contributed by atoms with Gasteiger partial charge in [-0.05, 0) is 34.6 Å². The number of methoxy groups -OCH3 is 2. The molecule has 0 radical (unpaired) electrons. The molecule has 0 amide bonds. The number of nitrogens with zero attached hydrogens (tertiary/aromatic N) is 6. The number of rotatable bonds is 32. The van der Waals surface area contributed by atoms with Gasteiger partial charge in [0, 0.05) is 68.8 Å². The summed E-state index contributed by atoms with van der Waals surface area (Å²) in [7, 11) is 2.34. The van der Waals surface area contributed by atoms with Crippen LogP contribution in [0.15, 0.2) is 58.5 Å². The number of aryl methyl sites for hydroxylation is 3. The number of nitrogen functional groups attached to an aromatic ring is 1. The van der Waals surface area contributed by atoms with E-state index in [1.54, 1.807) is 13.8 Å². The van der Waals surface area contributed by atoms with E-state index < -0.39 is 211 Å². The van der Waals surface area contributed by atoms with Crippen molar-refractivity contribution in [3.63, 3.8) is 0 Å². The van der Waals surface area contributed by atoms with Crippen molar-refractivity contribution in [3.05, 3.63) is 114 Å². The summed E-state index contributed by atoms with van der Waals surface area (Å²) in [6.45, 7) is -20.1. The maximum absolute atomic E-state index is 14.6. The molecular formula is C48H65N11O29P5S5-5. The molecule has 9 unspecified atom stereocenters. The van der Waals surface area contributed by atoms with Gasteiger partial charge in [-0.2, -0.15) is 4.98 Å². The van der Waals surface area contributed by atoms with Crippen LogP contribution in [0.4, 0.5) is 5.95 Å². The Hall–Kier alpha value is -3.47. The number of aromatic amines is 4. The summed E-state index contributed by atoms with van der Waals surface area (Å²) in [4.78, 5) is 162. The topological polar surface area (TPSA) is 531 Å². The summed E-state index contributed by atoms with van der Waals surface area (Å²) in [6.07, 6.45) is -17.2. The largest absolute Gasteiger partial charge is 0.780 e. The van der Waals surface area contributed by atoms with Crippen molar-refractivity contribution in [3.8, 4) is 0 Å². The van der Waals surface area contributed by atoms with Crippen molar-refractivity contribution in [2.75, 3.05) is 59.6 Å². The molecule has 9 heterocycles. The molecule has 5 aromatic heterocycles. The first-order valence-corrected chi connectivity index (χ1v) is 41.9. The second-order valence-corrected chi connectivity index (χ2v) is 35.9. The lowest BCUT2D eigenvalue weighted by Crippen LogP contribution is -2.41. The molecule has 50 heteroatoms. The number of hydrogen-bond donors (Lipinski definition) is 6. The van der Waals surface area contributed by atoms with Crippen molar-refractivity contribution in [1.29, 1.82) is 0 Å². The number of fused-ring (bicyclic) bond motifs is 1. The molecule has 0 aliphatic carbocycles. The van der Waals surface area contributed by atoms with Gasteiger partial charge in [0.15, 0.2) is 30.4 Å². The predicted octanol–water partition coefficient (Wildman–Crippen LogP) is -2.90. The molecular weight excluding hydrogens is 1510 g/mol. The number of hydrogen-bond acceptors (Lipinski definition) is 37. The smallest absolute Gasteiger partial charge is 0.330 e. The van der Waals surface area contributed by atoms with E-state index in [2.05, 4.69) is 29.9 Å². The summed E-state index contributed by atoms with van der Waals surface area (Å²) >= 11 is 26.3. The van der Waals surface area contributed by atoms with Crippen LogP contribution in [-0.2, 0) is 138 Å². The minimum Gasteiger partial charge on any atom is -0.780 e. The van der Waals surface area contributed by atoms with Crippen LogP contribution in [0, 0.1) is 20.8 Å². The highest BCUT2D eigenvalue weighted by atomic mass is 32.7. The van der Waals surface area contributed by atoms with Gasteiger partial charge < -0.3 is 116 Å². The lowest BCUT2D eigenvalue weighted by molar-refractivity contribution is -0.218. The Kier molecular flexibility index (Phi) is 25.9. The van der Waals surface area contributed by atoms with Gasteiger partial charge >= 0.3 is 17.1 Å². The van der Waals surface area contributed by atoms with Crippen LogP contribution in [0.1, 0.15) is 74.7 Å². The lowest BCUT2D eigenvalue weighted by atomic mass is 10.1. The fourth-order valence-electron chi connectivity index (χ4n) is 10.7. The van der Waals surface area contributed by atoms with Gasteiger partial charge in [0.1, 0.15) is 82.1 Å². The minimum absolute atomic E-state index is 0.00809. The average Bonchev–Trinajstić information content (AvgIpc) is 1.64. The van der Waals surface area contributed by atoms with Crippen LogP contribution in [0.3, 0.4) is 0 Å². The van der Waals surface area contributed by atoms with E-state index in [-0.39, 0.29) is 46.6 Å². The second kappa shape index (κ2) is 32.3. The molecule has 4 saturated heterocycles. The average molecular weight is 1580 g/mol. The highest BCUT2D eigenvalue weighted by Gasteiger charge is 2.51. The van der Waals surface area contributed by atoms with Gasteiger partial charge in [0.25, 0.3) is 22.2 Å². The normalized spacial score (nSPS) is 29.0. The number of H-pyrrole nitrogens is 4. The maximum Gasteiger partial charge on any atom is 0.330 e. The number of nitrogens with two attached hydrogens (primary N) is 1. The molecule has 0 aromatic carbocycles. The van der Waals surface area contributed by atoms with E-state index in [0.29, 0.717) is 0 Å². The fourth-order valence-corrected chi connectivity index (χ4v) is 18.2. The van der Waals surface area contributed by atoms with Crippen LogP contribution in [0.5, 0.6) is 0 Å². The molecule has 0 spiro atoms. The molecule has 546 valence electrons. The maximum atomic E-state index is 14.6. The van der Waals surface area contributed by atoms with E-state index in [4.69, 9.17) is 139 Å². The van der Waals surface area contributed by atoms with E-state index in [1.165, 1.54) is 45.0 Å². The summed E-state index contributed by atoms with van der Waals surface area (Å²) in [6, 6.07) is 0. The van der Waals surface area contributed by atoms with E-state index in [1.807, 2.05) is 0 Å². The molecule has 19 atom stereocenters. The number of anilines is 1. The lowest BCUT2D eigenvalue weighted by Gasteiger charge is -2.36. The standard InChI is InChI=1S/C48H70N11O29P5S5/c1-21(2)84-91(70,96)77-17-29-27(13-32(81-29)59-20-50-33-38(59)51-45(49)52-42(33)64)86-92(71,97)78-18-28-26(12-31(80-28)56-14-22(3)39(61)53-46(56)65)85-93(72,98)79-19-30-35(37(74-7)44(83-30)58-16-24(5)41(63)55-48(58)67)88-89(68,94)75-10-8-25-34(87-90(69,95)76-11-9-60)36(73-6)43(82-25)57-15-23(4)40(62)54-47(57)66/h14-16,20-21,25-32,34-37,43-44,60H,8-13,17-19H2,1-7H3,(H,68,94)(H,69,95)(H,70,96)(H,71,97)(H,72,98)(H,53,61,65)(H,54,62,66)(H,55,63,67)(H3,49,51,52,64)/p-5/t25-,26?,27?,28-,29-,30-,31-,32-,34?,35?,36+,37+,43-,44-,89?,90?,91?,92?,93?/m1/s1. The van der Waals surface area contributed by atoms with E-state index in [9.17, 15) is 62.8 Å². The first-order chi connectivity index (χ1) is 45.9. The Morgan fingerprint density at radius 2 is 1.05 bits per heavy atom. The van der Waals surface area contributed by atoms with Crippen molar-refractivity contribution >= 4 is 110 Å². The summed E-state index contributed by atoms with van der Waals surface area (Å²) in [5.74, 6) is -0.263. The van der Waals surface area contributed by atoms with Crippen LogP contribution in [0.2, 0.25) is 0 Å². The fraction of sp³-hybridized carbons (Fsp3) is 0.646. The Balaban J connectivity index is 0.936. The summed E-state index contributed by atoms with van der Waals surface area (Å²) < 4.78 is 111. The molecule has 4 fully saturated rings. The SMILES string of the molecule is CO[C@H]1C(OP([O-])(=S)OCCO)[C@@H](CCOP([O-])(=S)OC2[C@@H](COP(=O)([S-])OC3C[C@H](n4cc(C)c(=O)[nH]c4=O)O[C@@H]3COP([O-])(=S)OC3C[C@H](n4cnc5c(=O)[nH]c(N)nc54)O[C@@H]3COP([O-])(=S)OC(C)C)O[C@@H](n3cc(C)c(=O)[nH]c3=O)[C@H]2OC)O[C@H]1n1cc(C)c(=O)[nH]c1=O. The third kappa shape index (κ3) is 19.3. The van der Waals surface area contributed by atoms with E-state index >= 15 is 0 Å². The summed E-state index contributed by atoms with van der Waals surface area (Å²) in [5, 5.41) is 9.34. The molecule has 0 bridgehead atoms. The monoisotopic (exact) mass is 1570 g/mol. The Labute approximate surface area is 578 Å². The molecule has 40 nitrogen and oxygen atoms in total. The van der Waals surface area contributed by atoms with Crippen molar-refractivity contribution in [2.45, 2.75) is 146 Å². The Morgan fingerprint density at radius 1 is 0.602 bits per heavy atom. The third-order valence-corrected chi connectivity index (χ3v) is 23.1. The van der Waals surface area contributed by atoms with E-state index in [0.717, 1.165) is 33.2 Å². The number of imidazole rings is 1. The number of aliphatic hydroxyl groups excluding tert-OH is 1. The molecule has 7 N–H and O–H groups in total. The van der Waals surface area contributed by atoms with Crippen LogP contribution >= 0.6 is 33.7 Å². The molecule has 4 aliphatic heterocycles. The number of nitrogens with one attached hydrogen (secondary N) is 4. The Bertz CT molecular complexity index is 4420. The van der Waals surface area contributed by atoms with Gasteiger partial charge in [-0.1, -0.05) is 47.2 Å². The molecule has 5 aromatic rings. The number of aliphatic hydroxyl groups is 1. The van der Waals surface area contributed by atoms with Gasteiger partial charge in [0.2, 0.25) is 5.95 Å². The summed E-state index contributed by atoms with van der Waals surface area (Å²) in [5.41, 5.74) is -0.00796. The Morgan fingerprint density at radius 3 is 1.57 bits per heavy atom. The van der Waals surface area contributed by atoms with Crippen molar-refractivity contribution in [1.82, 2.24) is 48.2 Å². The minimum atomic E-state index is -4.96. The zero-order valence-electron chi connectivity index (χ0n) is 52.2. The molecule has 4 aliphatic rings. The van der Waals surface area contributed by atoms with Crippen molar-refractivity contribution < 1.29 is 103 Å². The van der Waals surface area contributed by atoms with Crippen molar-refractivity contribution in [2.24, 2.45) is 0 Å². The third-order valence-electron chi connectivity index (χ3n) is 15.1. The first-order valence-electron chi connectivity index (χ1n) is 29.1. The molecule has 9 rings (SSSR count). The van der Waals surface area contributed by atoms with Gasteiger partial charge in [0.05, 0.1) is 70.4 Å². The highest BCUT2D eigenvalue weighted by molar-refractivity contribution is 8.32.